The molecule has 1 aliphatic rings. The number of benzene rings is 1. The molecule has 0 saturated carbocycles. The van der Waals surface area contributed by atoms with Crippen molar-refractivity contribution in [3.8, 4) is 5.75 Å². The van der Waals surface area contributed by atoms with Crippen LogP contribution in [-0.4, -0.2) is 29.9 Å². The second kappa shape index (κ2) is 7.02. The Morgan fingerprint density at radius 2 is 1.76 bits per heavy atom. The summed E-state index contributed by atoms with van der Waals surface area (Å²) in [4.78, 5) is 2.54. The standard InChI is InChI=1S/C14H20BrNO/c15-8-11-17-14-6-4-13(5-7-14)12-16-9-2-1-3-10-16/h4-7H,1-3,8-12H2. The van der Waals surface area contributed by atoms with Crippen LogP contribution in [-0.2, 0) is 6.54 Å². The van der Waals surface area contributed by atoms with Gasteiger partial charge in [0.2, 0.25) is 0 Å². The highest BCUT2D eigenvalue weighted by molar-refractivity contribution is 9.09. The Kier molecular flexibility index (Phi) is 5.33. The molecule has 0 amide bonds. The Morgan fingerprint density at radius 3 is 2.41 bits per heavy atom. The Hall–Kier alpha value is -0.540. The van der Waals surface area contributed by atoms with Crippen LogP contribution in [0.5, 0.6) is 5.75 Å². The van der Waals surface area contributed by atoms with E-state index in [4.69, 9.17) is 4.74 Å². The fraction of sp³-hybridized carbons (Fsp3) is 0.571. The highest BCUT2D eigenvalue weighted by atomic mass is 79.9. The predicted molar refractivity (Wildman–Crippen MR) is 74.9 cm³/mol. The Morgan fingerprint density at radius 1 is 1.06 bits per heavy atom. The van der Waals surface area contributed by atoms with Crippen LogP contribution in [0, 0.1) is 0 Å². The van der Waals surface area contributed by atoms with Crippen LogP contribution in [0.4, 0.5) is 0 Å². The van der Waals surface area contributed by atoms with Crippen molar-refractivity contribution in [1.29, 1.82) is 0 Å². The van der Waals surface area contributed by atoms with Crippen LogP contribution < -0.4 is 4.74 Å². The maximum Gasteiger partial charge on any atom is 0.119 e. The first-order valence-electron chi connectivity index (χ1n) is 6.38. The molecule has 1 aliphatic heterocycles. The molecule has 2 nitrogen and oxygen atoms in total. The topological polar surface area (TPSA) is 12.5 Å². The zero-order chi connectivity index (χ0) is 11.9. The minimum Gasteiger partial charge on any atom is -0.493 e. The predicted octanol–water partition coefficient (Wildman–Crippen LogP) is 3.45. The molecule has 1 fully saturated rings. The second-order valence-corrected chi connectivity index (χ2v) is 5.31. The Balaban J connectivity index is 1.84. The van der Waals surface area contributed by atoms with Gasteiger partial charge in [-0.25, -0.2) is 0 Å². The number of nitrogens with zero attached hydrogens (tertiary/aromatic N) is 1. The molecule has 0 spiro atoms. The van der Waals surface area contributed by atoms with Gasteiger partial charge in [0.25, 0.3) is 0 Å². The van der Waals surface area contributed by atoms with Crippen molar-refractivity contribution in [2.24, 2.45) is 0 Å². The molecule has 0 atom stereocenters. The van der Waals surface area contributed by atoms with Crippen LogP contribution in [0.3, 0.4) is 0 Å². The zero-order valence-electron chi connectivity index (χ0n) is 10.2. The van der Waals surface area contributed by atoms with Crippen LogP contribution in [0.1, 0.15) is 24.8 Å². The highest BCUT2D eigenvalue weighted by Gasteiger charge is 2.10. The molecule has 3 heteroatoms. The third-order valence-corrected chi connectivity index (χ3v) is 3.45. The number of rotatable bonds is 5. The monoisotopic (exact) mass is 297 g/mol. The summed E-state index contributed by atoms with van der Waals surface area (Å²) in [6.45, 7) is 4.31. The summed E-state index contributed by atoms with van der Waals surface area (Å²) in [6.07, 6.45) is 4.11. The minimum absolute atomic E-state index is 0.728. The summed E-state index contributed by atoms with van der Waals surface area (Å²) in [5.74, 6) is 0.965. The van der Waals surface area contributed by atoms with Gasteiger partial charge in [0.15, 0.2) is 0 Å². The molecule has 1 heterocycles. The Labute approximate surface area is 112 Å². The molecule has 1 saturated heterocycles. The molecule has 0 N–H and O–H groups in total. The van der Waals surface area contributed by atoms with Crippen molar-refractivity contribution in [2.75, 3.05) is 25.0 Å². The van der Waals surface area contributed by atoms with Gasteiger partial charge in [0.1, 0.15) is 5.75 Å². The van der Waals surface area contributed by atoms with E-state index in [1.807, 2.05) is 0 Å². The lowest BCUT2D eigenvalue weighted by molar-refractivity contribution is 0.221. The van der Waals surface area contributed by atoms with Crippen LogP contribution >= 0.6 is 15.9 Å². The van der Waals surface area contributed by atoms with E-state index in [2.05, 4.69) is 45.1 Å². The lowest BCUT2D eigenvalue weighted by atomic mass is 10.1. The van der Waals surface area contributed by atoms with Gasteiger partial charge in [-0.15, -0.1) is 0 Å². The van der Waals surface area contributed by atoms with E-state index in [1.165, 1.54) is 37.9 Å². The average molecular weight is 298 g/mol. The molecule has 1 aromatic rings. The van der Waals surface area contributed by atoms with E-state index in [0.717, 1.165) is 24.2 Å². The first-order chi connectivity index (χ1) is 8.38. The first-order valence-corrected chi connectivity index (χ1v) is 7.51. The van der Waals surface area contributed by atoms with Crippen molar-refractivity contribution in [3.05, 3.63) is 29.8 Å². The molecule has 0 bridgehead atoms. The highest BCUT2D eigenvalue weighted by Crippen LogP contribution is 2.16. The second-order valence-electron chi connectivity index (χ2n) is 4.52. The van der Waals surface area contributed by atoms with Crippen molar-refractivity contribution in [1.82, 2.24) is 4.90 Å². The quantitative estimate of drug-likeness (QED) is 0.772. The van der Waals surface area contributed by atoms with Gasteiger partial charge in [-0.05, 0) is 43.6 Å². The maximum atomic E-state index is 5.54. The summed E-state index contributed by atoms with van der Waals surface area (Å²) in [6, 6.07) is 8.50. The maximum absolute atomic E-state index is 5.54. The summed E-state index contributed by atoms with van der Waals surface area (Å²) in [5.41, 5.74) is 1.39. The Bertz CT molecular complexity index is 319. The van der Waals surface area contributed by atoms with Crippen molar-refractivity contribution in [2.45, 2.75) is 25.8 Å². The van der Waals surface area contributed by atoms with Gasteiger partial charge in [-0.3, -0.25) is 4.90 Å². The molecule has 0 radical (unpaired) electrons. The number of piperidine rings is 1. The third-order valence-electron chi connectivity index (χ3n) is 3.12. The van der Waals surface area contributed by atoms with E-state index in [1.54, 1.807) is 0 Å². The molecular weight excluding hydrogens is 278 g/mol. The lowest BCUT2D eigenvalue weighted by Crippen LogP contribution is -2.28. The summed E-state index contributed by atoms with van der Waals surface area (Å²) < 4.78 is 5.54. The minimum atomic E-state index is 0.728. The molecule has 2 rings (SSSR count). The van der Waals surface area contributed by atoms with Gasteiger partial charge in [0, 0.05) is 11.9 Å². The van der Waals surface area contributed by atoms with Crippen LogP contribution in [0.2, 0.25) is 0 Å². The van der Waals surface area contributed by atoms with Gasteiger partial charge < -0.3 is 4.74 Å². The molecular formula is C14H20BrNO. The molecule has 94 valence electrons. The fourth-order valence-corrected chi connectivity index (χ4v) is 2.39. The molecule has 17 heavy (non-hydrogen) atoms. The number of likely N-dealkylation sites (tertiary alicyclic amines) is 1. The summed E-state index contributed by atoms with van der Waals surface area (Å²) >= 11 is 3.36. The van der Waals surface area contributed by atoms with Gasteiger partial charge in [0.05, 0.1) is 6.61 Å². The molecule has 1 aromatic carbocycles. The van der Waals surface area contributed by atoms with Crippen molar-refractivity contribution < 1.29 is 4.74 Å². The van der Waals surface area contributed by atoms with E-state index in [9.17, 15) is 0 Å². The van der Waals surface area contributed by atoms with Crippen LogP contribution in [0.25, 0.3) is 0 Å². The van der Waals surface area contributed by atoms with E-state index < -0.39 is 0 Å². The fourth-order valence-electron chi connectivity index (χ4n) is 2.22. The van der Waals surface area contributed by atoms with E-state index >= 15 is 0 Å². The normalized spacial score (nSPS) is 17.0. The zero-order valence-corrected chi connectivity index (χ0v) is 11.8. The van der Waals surface area contributed by atoms with E-state index in [0.29, 0.717) is 0 Å². The largest absolute Gasteiger partial charge is 0.493 e. The van der Waals surface area contributed by atoms with E-state index in [-0.39, 0.29) is 0 Å². The van der Waals surface area contributed by atoms with Gasteiger partial charge >= 0.3 is 0 Å². The number of hydrogen-bond acceptors (Lipinski definition) is 2. The van der Waals surface area contributed by atoms with Gasteiger partial charge in [-0.1, -0.05) is 34.5 Å². The molecule has 0 aliphatic carbocycles. The lowest BCUT2D eigenvalue weighted by Gasteiger charge is -2.26. The summed E-state index contributed by atoms with van der Waals surface area (Å²) in [5, 5.41) is 0.878. The molecule has 0 aromatic heterocycles. The number of hydrogen-bond donors (Lipinski definition) is 0. The number of alkyl halides is 1. The average Bonchev–Trinajstić information content (AvgIpc) is 2.39. The van der Waals surface area contributed by atoms with Crippen molar-refractivity contribution in [3.63, 3.8) is 0 Å². The summed E-state index contributed by atoms with van der Waals surface area (Å²) in [7, 11) is 0. The number of ether oxygens (including phenoxy) is 1. The molecule has 0 unspecified atom stereocenters. The third kappa shape index (κ3) is 4.32. The van der Waals surface area contributed by atoms with Gasteiger partial charge in [-0.2, -0.15) is 0 Å². The van der Waals surface area contributed by atoms with Crippen molar-refractivity contribution >= 4 is 15.9 Å². The smallest absolute Gasteiger partial charge is 0.119 e. The number of halogens is 1. The SMILES string of the molecule is BrCCOc1ccc(CN2CCCCC2)cc1. The van der Waals surface area contributed by atoms with Crippen LogP contribution in [0.15, 0.2) is 24.3 Å². The first kappa shape index (κ1) is 12.9.